The lowest BCUT2D eigenvalue weighted by Crippen LogP contribution is -2.46. The number of carbonyl (C=O) groups is 2. The Kier molecular flexibility index (Phi) is 4.61. The first-order valence-corrected chi connectivity index (χ1v) is 8.00. The molecule has 0 fully saturated rings. The molecule has 0 saturated carbocycles. The quantitative estimate of drug-likeness (QED) is 0.905. The van der Waals surface area contributed by atoms with Gasteiger partial charge in [0.25, 0.3) is 5.91 Å². The van der Waals surface area contributed by atoms with Crippen LogP contribution in [0.5, 0.6) is 11.5 Å². The van der Waals surface area contributed by atoms with E-state index in [1.54, 1.807) is 13.0 Å². The van der Waals surface area contributed by atoms with Crippen LogP contribution in [0, 0.1) is 6.92 Å². The molecule has 130 valence electrons. The summed E-state index contributed by atoms with van der Waals surface area (Å²) in [6.07, 6.45) is -0.623. The summed E-state index contributed by atoms with van der Waals surface area (Å²) in [4.78, 5) is 25.2. The van der Waals surface area contributed by atoms with Gasteiger partial charge in [-0.2, -0.15) is 0 Å². The summed E-state index contributed by atoms with van der Waals surface area (Å²) in [5.41, 5.74) is 1.65. The second kappa shape index (κ2) is 6.84. The van der Waals surface area contributed by atoms with E-state index >= 15 is 0 Å². The highest BCUT2D eigenvalue weighted by Gasteiger charge is 2.32. The largest absolute Gasteiger partial charge is 0.492 e. The van der Waals surface area contributed by atoms with E-state index in [-0.39, 0.29) is 11.5 Å². The Morgan fingerprint density at radius 1 is 1.28 bits per heavy atom. The second-order valence-corrected chi connectivity index (χ2v) is 5.90. The molecule has 0 spiro atoms. The van der Waals surface area contributed by atoms with Crippen molar-refractivity contribution >= 4 is 17.6 Å². The number of hydrogen-bond donors (Lipinski definition) is 1. The van der Waals surface area contributed by atoms with Crippen molar-refractivity contribution in [1.29, 1.82) is 0 Å². The van der Waals surface area contributed by atoms with Crippen molar-refractivity contribution in [3.8, 4) is 11.5 Å². The fraction of sp³-hybridized carbons (Fsp3) is 0.263. The first kappa shape index (κ1) is 16.8. The molecule has 1 amide bonds. The Labute approximate surface area is 145 Å². The van der Waals surface area contributed by atoms with E-state index in [1.807, 2.05) is 31.2 Å². The topological polar surface area (TPSA) is 76.1 Å². The van der Waals surface area contributed by atoms with E-state index in [0.717, 1.165) is 11.3 Å². The zero-order chi connectivity index (χ0) is 18.0. The van der Waals surface area contributed by atoms with Crippen LogP contribution in [0.3, 0.4) is 0 Å². The predicted octanol–water partition coefficient (Wildman–Crippen LogP) is 2.89. The molecule has 6 nitrogen and oxygen atoms in total. The van der Waals surface area contributed by atoms with Gasteiger partial charge in [0.2, 0.25) is 0 Å². The van der Waals surface area contributed by atoms with Crippen LogP contribution in [0.15, 0.2) is 42.5 Å². The Bertz CT molecular complexity index is 817. The van der Waals surface area contributed by atoms with Gasteiger partial charge >= 0.3 is 5.97 Å². The molecule has 0 radical (unpaired) electrons. The zero-order valence-electron chi connectivity index (χ0n) is 14.1. The van der Waals surface area contributed by atoms with E-state index < -0.39 is 12.1 Å². The number of nitrogens with zero attached hydrogens (tertiary/aromatic N) is 1. The number of benzene rings is 2. The Morgan fingerprint density at radius 3 is 2.80 bits per heavy atom. The summed E-state index contributed by atoms with van der Waals surface area (Å²) in [7, 11) is 0. The number of amides is 1. The molecule has 2 aromatic carbocycles. The molecule has 0 saturated heterocycles. The van der Waals surface area contributed by atoms with E-state index in [1.165, 1.54) is 17.0 Å². The van der Waals surface area contributed by atoms with Crippen molar-refractivity contribution in [2.24, 2.45) is 0 Å². The minimum Gasteiger partial charge on any atom is -0.492 e. The van der Waals surface area contributed by atoms with Gasteiger partial charge in [-0.15, -0.1) is 0 Å². The lowest BCUT2D eigenvalue weighted by molar-refractivity contribution is -0.125. The van der Waals surface area contributed by atoms with Gasteiger partial charge in [0, 0.05) is 0 Å². The van der Waals surface area contributed by atoms with Gasteiger partial charge in [-0.05, 0) is 49.7 Å². The standard InChI is InChI=1S/C19H19NO5/c1-12-4-3-5-15(10-12)24-9-8-20-16-11-14(19(22)23)6-7-17(16)25-13(2)18(20)21/h3-7,10-11,13H,8-9H2,1-2H3,(H,22,23). The van der Waals surface area contributed by atoms with E-state index in [9.17, 15) is 14.7 Å². The van der Waals surface area contributed by atoms with Crippen LogP contribution in [0.4, 0.5) is 5.69 Å². The highest BCUT2D eigenvalue weighted by Crippen LogP contribution is 2.34. The number of carboxylic acids is 1. The van der Waals surface area contributed by atoms with Gasteiger partial charge in [0.15, 0.2) is 6.10 Å². The van der Waals surface area contributed by atoms with Gasteiger partial charge < -0.3 is 19.5 Å². The summed E-state index contributed by atoms with van der Waals surface area (Å²) < 4.78 is 11.3. The molecule has 1 aliphatic heterocycles. The van der Waals surface area contributed by atoms with Crippen LogP contribution in [0.25, 0.3) is 0 Å². The first-order valence-electron chi connectivity index (χ1n) is 8.00. The summed E-state index contributed by atoms with van der Waals surface area (Å²) in [6, 6.07) is 12.1. The van der Waals surface area contributed by atoms with E-state index in [2.05, 4.69) is 0 Å². The highest BCUT2D eigenvalue weighted by atomic mass is 16.5. The van der Waals surface area contributed by atoms with Gasteiger partial charge in [-0.3, -0.25) is 4.79 Å². The molecule has 6 heteroatoms. The fourth-order valence-corrected chi connectivity index (χ4v) is 2.73. The van der Waals surface area contributed by atoms with Crippen molar-refractivity contribution in [2.45, 2.75) is 20.0 Å². The number of hydrogen-bond acceptors (Lipinski definition) is 4. The van der Waals surface area contributed by atoms with Crippen LogP contribution in [0.1, 0.15) is 22.8 Å². The maximum Gasteiger partial charge on any atom is 0.335 e. The molecular weight excluding hydrogens is 322 g/mol. The molecule has 1 atom stereocenters. The third-order valence-electron chi connectivity index (χ3n) is 3.99. The van der Waals surface area contributed by atoms with Crippen molar-refractivity contribution < 1.29 is 24.2 Å². The van der Waals surface area contributed by atoms with Crippen molar-refractivity contribution in [1.82, 2.24) is 0 Å². The van der Waals surface area contributed by atoms with Crippen LogP contribution in [-0.2, 0) is 4.79 Å². The number of aromatic carboxylic acids is 1. The second-order valence-electron chi connectivity index (χ2n) is 5.90. The molecule has 0 aromatic heterocycles. The van der Waals surface area contributed by atoms with Crippen molar-refractivity contribution in [3.63, 3.8) is 0 Å². The summed E-state index contributed by atoms with van der Waals surface area (Å²) in [5, 5.41) is 9.17. The van der Waals surface area contributed by atoms with Gasteiger partial charge in [0.1, 0.15) is 18.1 Å². The van der Waals surface area contributed by atoms with Crippen LogP contribution in [0.2, 0.25) is 0 Å². The molecule has 1 unspecified atom stereocenters. The van der Waals surface area contributed by atoms with E-state index in [0.29, 0.717) is 24.6 Å². The molecule has 2 aromatic rings. The molecule has 0 bridgehead atoms. The number of ether oxygens (including phenoxy) is 2. The maximum atomic E-state index is 12.5. The summed E-state index contributed by atoms with van der Waals surface area (Å²) >= 11 is 0. The number of aryl methyl sites for hydroxylation is 1. The van der Waals surface area contributed by atoms with Crippen molar-refractivity contribution in [2.75, 3.05) is 18.1 Å². The Balaban J connectivity index is 1.79. The number of carbonyl (C=O) groups excluding carboxylic acids is 1. The van der Waals surface area contributed by atoms with Gasteiger partial charge in [-0.1, -0.05) is 12.1 Å². The molecule has 25 heavy (non-hydrogen) atoms. The fourth-order valence-electron chi connectivity index (χ4n) is 2.73. The Morgan fingerprint density at radius 2 is 2.08 bits per heavy atom. The van der Waals surface area contributed by atoms with Gasteiger partial charge in [0.05, 0.1) is 17.8 Å². The minimum atomic E-state index is -1.05. The zero-order valence-corrected chi connectivity index (χ0v) is 14.1. The molecule has 1 aliphatic rings. The number of anilines is 1. The number of carboxylic acid groups (broad SMARTS) is 1. The number of fused-ring (bicyclic) bond motifs is 1. The van der Waals surface area contributed by atoms with Crippen LogP contribution < -0.4 is 14.4 Å². The summed E-state index contributed by atoms with van der Waals surface area (Å²) in [6.45, 7) is 4.24. The lowest BCUT2D eigenvalue weighted by atomic mass is 10.1. The monoisotopic (exact) mass is 341 g/mol. The molecule has 1 N–H and O–H groups in total. The van der Waals surface area contributed by atoms with Gasteiger partial charge in [-0.25, -0.2) is 4.79 Å². The summed E-state index contributed by atoms with van der Waals surface area (Å²) in [5.74, 6) is -0.0476. The average molecular weight is 341 g/mol. The van der Waals surface area contributed by atoms with Crippen molar-refractivity contribution in [3.05, 3.63) is 53.6 Å². The average Bonchev–Trinajstić information content (AvgIpc) is 2.58. The van der Waals surface area contributed by atoms with Crippen LogP contribution in [-0.4, -0.2) is 36.2 Å². The molecule has 1 heterocycles. The predicted molar refractivity (Wildman–Crippen MR) is 92.5 cm³/mol. The third kappa shape index (κ3) is 3.57. The normalized spacial score (nSPS) is 16.2. The first-order chi connectivity index (χ1) is 12.0. The molecule has 0 aliphatic carbocycles. The smallest absolute Gasteiger partial charge is 0.335 e. The molecule has 3 rings (SSSR count). The minimum absolute atomic E-state index is 0.106. The Hall–Kier alpha value is -3.02. The van der Waals surface area contributed by atoms with Crippen LogP contribution >= 0.6 is 0 Å². The number of rotatable bonds is 5. The lowest BCUT2D eigenvalue weighted by Gasteiger charge is -2.33. The highest BCUT2D eigenvalue weighted by molar-refractivity contribution is 6.01. The third-order valence-corrected chi connectivity index (χ3v) is 3.99. The molecular formula is C19H19NO5. The maximum absolute atomic E-state index is 12.5. The van der Waals surface area contributed by atoms with E-state index in [4.69, 9.17) is 9.47 Å². The SMILES string of the molecule is Cc1cccc(OCCN2C(=O)C(C)Oc3ccc(C(=O)O)cc32)c1.